The Balaban J connectivity index is 3.59. The molecule has 2 N–H and O–H groups in total. The van der Waals surface area contributed by atoms with Crippen molar-refractivity contribution in [3.8, 4) is 0 Å². The van der Waals surface area contributed by atoms with Gasteiger partial charge in [-0.25, -0.2) is 4.79 Å². The van der Waals surface area contributed by atoms with Crippen LogP contribution >= 0.6 is 0 Å². The van der Waals surface area contributed by atoms with Crippen LogP contribution in [-0.2, 0) is 14.3 Å². The molecule has 3 amide bonds. The number of benzene rings is 1. The quantitative estimate of drug-likeness (QED) is 0.207. The van der Waals surface area contributed by atoms with Crippen LogP contribution in [0.5, 0.6) is 0 Å². The molecule has 0 heterocycles. The maximum Gasteiger partial charge on any atom is 0.408 e. The number of rotatable bonds is 16. The highest BCUT2D eigenvalue weighted by Crippen LogP contribution is 2.30. The lowest BCUT2D eigenvalue weighted by Crippen LogP contribution is -2.54. The maximum atomic E-state index is 14.4. The lowest BCUT2D eigenvalue weighted by molar-refractivity contribution is -0.143. The average molecular weight is 560 g/mol. The zero-order valence-electron chi connectivity index (χ0n) is 27.0. The van der Waals surface area contributed by atoms with Crippen LogP contribution in [0.4, 0.5) is 4.79 Å². The number of alkyl carbamates (subject to hydrolysis) is 1. The molecule has 1 rings (SSSR count). The average Bonchev–Trinajstić information content (AvgIpc) is 2.82. The van der Waals surface area contributed by atoms with Crippen molar-refractivity contribution in [3.63, 3.8) is 0 Å². The van der Waals surface area contributed by atoms with Crippen molar-refractivity contribution in [2.45, 2.75) is 144 Å². The first-order valence-corrected chi connectivity index (χ1v) is 15.4. The summed E-state index contributed by atoms with van der Waals surface area (Å²) in [6.07, 6.45) is 6.72. The molecule has 0 aliphatic heterocycles. The summed E-state index contributed by atoms with van der Waals surface area (Å²) in [6, 6.07) is 4.34. The Kier molecular flexibility index (Phi) is 15.3. The smallest absolute Gasteiger partial charge is 0.408 e. The fraction of sp³-hybridized carbons (Fsp3) is 0.727. The molecule has 0 aromatic heterocycles. The first kappa shape index (κ1) is 35.5. The summed E-state index contributed by atoms with van der Waals surface area (Å²) < 4.78 is 5.52. The Morgan fingerprint density at radius 1 is 0.900 bits per heavy atom. The first-order valence-electron chi connectivity index (χ1n) is 15.4. The lowest BCUT2D eigenvalue weighted by Gasteiger charge is -2.36. The van der Waals surface area contributed by atoms with Crippen molar-refractivity contribution in [3.05, 3.63) is 34.9 Å². The van der Waals surface area contributed by atoms with Gasteiger partial charge in [0.1, 0.15) is 17.7 Å². The standard InChI is InChI=1S/C33H57N3O4/c1-11-13-14-15-16-21-36(31(38)27(22-23(3)4)35-32(39)40-33(8,9)10)29(30(37)34-26(7)18-12-2)28-24(5)19-17-20-25(28)6/h17,19-20,23,26-27,29H,11-16,18,21-22H2,1-10H3,(H,34,37)(H,35,39). The summed E-state index contributed by atoms with van der Waals surface area (Å²) in [4.78, 5) is 43.0. The van der Waals surface area contributed by atoms with Crippen molar-refractivity contribution in [2.75, 3.05) is 6.54 Å². The minimum atomic E-state index is -0.807. The molecule has 0 aliphatic carbocycles. The van der Waals surface area contributed by atoms with Crippen molar-refractivity contribution < 1.29 is 19.1 Å². The third-order valence-electron chi connectivity index (χ3n) is 6.97. The minimum Gasteiger partial charge on any atom is -0.444 e. The van der Waals surface area contributed by atoms with E-state index in [0.29, 0.717) is 13.0 Å². The molecule has 0 bridgehead atoms. The number of carbonyl (C=O) groups excluding carboxylic acids is 3. The highest BCUT2D eigenvalue weighted by atomic mass is 16.6. The van der Waals surface area contributed by atoms with E-state index in [0.717, 1.165) is 61.6 Å². The summed E-state index contributed by atoms with van der Waals surface area (Å²) in [5, 5.41) is 6.03. The van der Waals surface area contributed by atoms with Crippen LogP contribution in [0.1, 0.15) is 129 Å². The van der Waals surface area contributed by atoms with Crippen LogP contribution < -0.4 is 10.6 Å². The summed E-state index contributed by atoms with van der Waals surface area (Å²) in [5.41, 5.74) is 2.09. The Hall–Kier alpha value is -2.57. The van der Waals surface area contributed by atoms with Crippen LogP contribution in [0.15, 0.2) is 18.2 Å². The highest BCUT2D eigenvalue weighted by molar-refractivity contribution is 5.92. The van der Waals surface area contributed by atoms with Gasteiger partial charge >= 0.3 is 6.09 Å². The number of hydrogen-bond donors (Lipinski definition) is 2. The maximum absolute atomic E-state index is 14.4. The number of carbonyl (C=O) groups is 3. The molecular formula is C33H57N3O4. The monoisotopic (exact) mass is 559 g/mol. The number of aryl methyl sites for hydroxylation is 2. The molecule has 7 nitrogen and oxygen atoms in total. The highest BCUT2D eigenvalue weighted by Gasteiger charge is 2.37. The molecule has 228 valence electrons. The molecule has 0 saturated carbocycles. The van der Waals surface area contributed by atoms with Crippen LogP contribution in [-0.4, -0.2) is 47.0 Å². The van der Waals surface area contributed by atoms with Gasteiger partial charge in [-0.2, -0.15) is 0 Å². The number of hydrogen-bond acceptors (Lipinski definition) is 4. The van der Waals surface area contributed by atoms with E-state index in [1.807, 2.05) is 52.8 Å². The van der Waals surface area contributed by atoms with E-state index in [4.69, 9.17) is 4.74 Å². The third kappa shape index (κ3) is 12.3. The zero-order valence-corrected chi connectivity index (χ0v) is 27.0. The van der Waals surface area contributed by atoms with Crippen LogP contribution in [0, 0.1) is 19.8 Å². The number of nitrogens with one attached hydrogen (secondary N) is 2. The van der Waals surface area contributed by atoms with Gasteiger partial charge in [-0.05, 0) is 83.4 Å². The molecule has 0 spiro atoms. The predicted molar refractivity (Wildman–Crippen MR) is 164 cm³/mol. The second kappa shape index (κ2) is 17.3. The molecule has 0 fully saturated rings. The van der Waals surface area contributed by atoms with Crippen molar-refractivity contribution in [1.82, 2.24) is 15.5 Å². The van der Waals surface area contributed by atoms with Gasteiger partial charge in [0.2, 0.25) is 11.8 Å². The fourth-order valence-corrected chi connectivity index (χ4v) is 5.11. The largest absolute Gasteiger partial charge is 0.444 e. The Morgan fingerprint density at radius 3 is 2.02 bits per heavy atom. The summed E-state index contributed by atoms with van der Waals surface area (Å²) in [6.45, 7) is 20.1. The van der Waals surface area contributed by atoms with Gasteiger partial charge in [-0.3, -0.25) is 9.59 Å². The second-order valence-corrected chi connectivity index (χ2v) is 12.7. The molecule has 40 heavy (non-hydrogen) atoms. The summed E-state index contributed by atoms with van der Waals surface area (Å²) in [7, 11) is 0. The van der Waals surface area contributed by atoms with E-state index in [-0.39, 0.29) is 23.8 Å². The molecule has 3 unspecified atom stereocenters. The summed E-state index contributed by atoms with van der Waals surface area (Å²) >= 11 is 0. The van der Waals surface area contributed by atoms with E-state index in [9.17, 15) is 14.4 Å². The third-order valence-corrected chi connectivity index (χ3v) is 6.97. The number of unbranched alkanes of at least 4 members (excludes halogenated alkanes) is 4. The van der Waals surface area contributed by atoms with Gasteiger partial charge in [-0.1, -0.05) is 78.0 Å². The van der Waals surface area contributed by atoms with Crippen LogP contribution in [0.3, 0.4) is 0 Å². The normalized spacial score (nSPS) is 13.9. The Bertz CT molecular complexity index is 918. The molecule has 1 aromatic rings. The zero-order chi connectivity index (χ0) is 30.5. The van der Waals surface area contributed by atoms with Crippen molar-refractivity contribution in [1.29, 1.82) is 0 Å². The minimum absolute atomic E-state index is 0.0165. The van der Waals surface area contributed by atoms with Gasteiger partial charge < -0.3 is 20.3 Å². The molecule has 0 radical (unpaired) electrons. The number of ether oxygens (including phenoxy) is 1. The van der Waals surface area contributed by atoms with Crippen molar-refractivity contribution in [2.24, 2.45) is 5.92 Å². The molecule has 0 aliphatic rings. The van der Waals surface area contributed by atoms with Crippen LogP contribution in [0.25, 0.3) is 0 Å². The molecule has 0 saturated heterocycles. The molecule has 3 atom stereocenters. The summed E-state index contributed by atoms with van der Waals surface area (Å²) in [5.74, 6) is -0.283. The van der Waals surface area contributed by atoms with E-state index in [2.05, 4.69) is 24.5 Å². The van der Waals surface area contributed by atoms with E-state index >= 15 is 0 Å². The van der Waals surface area contributed by atoms with E-state index in [1.54, 1.807) is 25.7 Å². The Morgan fingerprint density at radius 2 is 1.50 bits per heavy atom. The van der Waals surface area contributed by atoms with Crippen LogP contribution in [0.2, 0.25) is 0 Å². The topological polar surface area (TPSA) is 87.7 Å². The fourth-order valence-electron chi connectivity index (χ4n) is 5.11. The van der Waals surface area contributed by atoms with E-state index in [1.165, 1.54) is 0 Å². The predicted octanol–water partition coefficient (Wildman–Crippen LogP) is 7.39. The number of amides is 3. The second-order valence-electron chi connectivity index (χ2n) is 12.7. The van der Waals surface area contributed by atoms with Gasteiger partial charge in [-0.15, -0.1) is 0 Å². The SMILES string of the molecule is CCCCCCCN(C(=O)C(CC(C)C)NC(=O)OC(C)(C)C)C(C(=O)NC(C)CCC)c1c(C)cccc1C. The van der Waals surface area contributed by atoms with Gasteiger partial charge in [0.05, 0.1) is 0 Å². The molecule has 7 heteroatoms. The molecule has 1 aromatic carbocycles. The first-order chi connectivity index (χ1) is 18.7. The van der Waals surface area contributed by atoms with Gasteiger partial charge in [0, 0.05) is 12.6 Å². The lowest BCUT2D eigenvalue weighted by atomic mass is 9.92. The van der Waals surface area contributed by atoms with Gasteiger partial charge in [0.25, 0.3) is 0 Å². The van der Waals surface area contributed by atoms with E-state index < -0.39 is 23.8 Å². The number of nitrogens with zero attached hydrogens (tertiary/aromatic N) is 1. The van der Waals surface area contributed by atoms with Crippen molar-refractivity contribution >= 4 is 17.9 Å². The molecular weight excluding hydrogens is 502 g/mol. The Labute approximate surface area is 244 Å². The van der Waals surface area contributed by atoms with Gasteiger partial charge in [0.15, 0.2) is 0 Å².